The average Bonchev–Trinajstić information content (AvgIpc) is 3.28. The van der Waals surface area contributed by atoms with Gasteiger partial charge in [0.15, 0.2) is 5.58 Å². The maximum Gasteiger partial charge on any atom is 0.420 e. The summed E-state index contributed by atoms with van der Waals surface area (Å²) < 4.78 is 6.45. The van der Waals surface area contributed by atoms with Crippen LogP contribution in [0, 0.1) is 0 Å². The summed E-state index contributed by atoms with van der Waals surface area (Å²) in [5.74, 6) is -0.799. The molecular formula is C18H15N5O3S. The molecule has 0 aliphatic heterocycles. The van der Waals surface area contributed by atoms with Gasteiger partial charge in [-0.15, -0.1) is 11.3 Å². The molecule has 0 aliphatic carbocycles. The molecule has 9 heteroatoms. The number of nitrogens with zero attached hydrogens (tertiary/aromatic N) is 4. The van der Waals surface area contributed by atoms with Gasteiger partial charge in [0.05, 0.1) is 17.4 Å². The van der Waals surface area contributed by atoms with E-state index in [1.165, 1.54) is 15.9 Å². The zero-order valence-corrected chi connectivity index (χ0v) is 15.0. The number of nitrogens with one attached hydrogen (secondary N) is 1. The largest absolute Gasteiger partial charge is 0.420 e. The van der Waals surface area contributed by atoms with Crippen molar-refractivity contribution in [2.75, 3.05) is 6.54 Å². The van der Waals surface area contributed by atoms with Gasteiger partial charge in [-0.05, 0) is 12.1 Å². The monoisotopic (exact) mass is 381 g/mol. The van der Waals surface area contributed by atoms with E-state index < -0.39 is 5.76 Å². The minimum Gasteiger partial charge on any atom is -0.408 e. The second kappa shape index (κ2) is 7.50. The second-order valence-electron chi connectivity index (χ2n) is 5.76. The number of para-hydroxylation sites is 2. The lowest BCUT2D eigenvalue weighted by molar-refractivity contribution is -0.121. The van der Waals surface area contributed by atoms with Crippen LogP contribution in [-0.4, -0.2) is 32.0 Å². The summed E-state index contributed by atoms with van der Waals surface area (Å²) >= 11 is 1.48. The molecule has 1 aromatic carbocycles. The summed E-state index contributed by atoms with van der Waals surface area (Å²) in [5.41, 5.74) is 2.66. The van der Waals surface area contributed by atoms with Crippen LogP contribution >= 0.6 is 11.3 Å². The van der Waals surface area contributed by atoms with Crippen molar-refractivity contribution >= 4 is 28.3 Å². The first kappa shape index (κ1) is 17.1. The summed E-state index contributed by atoms with van der Waals surface area (Å²) in [6, 6.07) is 7.01. The molecule has 4 aromatic rings. The van der Waals surface area contributed by atoms with Crippen LogP contribution in [0.2, 0.25) is 0 Å². The topological polar surface area (TPSA) is 103 Å². The SMILES string of the molecule is O=C(Cn1c(=O)oc2ccccc21)NCCc1csc(-c2cnccn2)n1. The van der Waals surface area contributed by atoms with Crippen LogP contribution in [0.3, 0.4) is 0 Å². The summed E-state index contributed by atoms with van der Waals surface area (Å²) in [4.78, 5) is 36.8. The quantitative estimate of drug-likeness (QED) is 0.547. The Morgan fingerprint density at radius 3 is 3.00 bits per heavy atom. The van der Waals surface area contributed by atoms with Crippen molar-refractivity contribution in [1.82, 2.24) is 24.8 Å². The molecule has 1 N–H and O–H groups in total. The van der Waals surface area contributed by atoms with E-state index in [1.807, 2.05) is 5.38 Å². The molecule has 3 heterocycles. The summed E-state index contributed by atoms with van der Waals surface area (Å²) in [5, 5.41) is 5.53. The minimum absolute atomic E-state index is 0.0855. The number of aromatic nitrogens is 4. The van der Waals surface area contributed by atoms with E-state index in [4.69, 9.17) is 4.42 Å². The number of carbonyl (C=O) groups is 1. The first-order valence-electron chi connectivity index (χ1n) is 8.26. The normalized spacial score (nSPS) is 11.0. The summed E-state index contributed by atoms with van der Waals surface area (Å²) in [7, 11) is 0. The lowest BCUT2D eigenvalue weighted by Crippen LogP contribution is -2.32. The van der Waals surface area contributed by atoms with E-state index in [9.17, 15) is 9.59 Å². The van der Waals surface area contributed by atoms with E-state index in [-0.39, 0.29) is 12.5 Å². The second-order valence-corrected chi connectivity index (χ2v) is 6.61. The smallest absolute Gasteiger partial charge is 0.408 e. The van der Waals surface area contributed by atoms with Gasteiger partial charge in [0.2, 0.25) is 5.91 Å². The Bertz CT molecular complexity index is 1130. The highest BCUT2D eigenvalue weighted by Gasteiger charge is 2.12. The van der Waals surface area contributed by atoms with Gasteiger partial charge in [0.1, 0.15) is 17.2 Å². The van der Waals surface area contributed by atoms with Gasteiger partial charge in [0, 0.05) is 30.7 Å². The molecular weight excluding hydrogens is 366 g/mol. The Kier molecular flexibility index (Phi) is 4.75. The van der Waals surface area contributed by atoms with Crippen molar-refractivity contribution in [3.8, 4) is 10.7 Å². The summed E-state index contributed by atoms with van der Waals surface area (Å²) in [6.45, 7) is 0.338. The first-order chi connectivity index (χ1) is 13.2. The van der Waals surface area contributed by atoms with Crippen molar-refractivity contribution in [3.05, 3.63) is 64.5 Å². The minimum atomic E-state index is -0.542. The lowest BCUT2D eigenvalue weighted by atomic mass is 10.3. The van der Waals surface area contributed by atoms with Gasteiger partial charge < -0.3 is 9.73 Å². The number of carbonyl (C=O) groups excluding carboxylic acids is 1. The number of oxazole rings is 1. The van der Waals surface area contributed by atoms with Gasteiger partial charge in [-0.25, -0.2) is 9.78 Å². The maximum atomic E-state index is 12.2. The number of thiazole rings is 1. The van der Waals surface area contributed by atoms with Gasteiger partial charge in [0.25, 0.3) is 0 Å². The zero-order valence-electron chi connectivity index (χ0n) is 14.2. The van der Waals surface area contributed by atoms with Crippen molar-refractivity contribution in [1.29, 1.82) is 0 Å². The number of fused-ring (bicyclic) bond motifs is 1. The molecule has 136 valence electrons. The fourth-order valence-corrected chi connectivity index (χ4v) is 3.46. The number of rotatable bonds is 6. The van der Waals surface area contributed by atoms with E-state index in [0.717, 1.165) is 16.4 Å². The maximum absolute atomic E-state index is 12.2. The lowest BCUT2D eigenvalue weighted by Gasteiger charge is -2.04. The molecule has 0 saturated carbocycles. The zero-order chi connectivity index (χ0) is 18.6. The molecule has 8 nitrogen and oxygen atoms in total. The molecule has 0 atom stereocenters. The fraction of sp³-hybridized carbons (Fsp3) is 0.167. The Labute approximate surface area is 157 Å². The van der Waals surface area contributed by atoms with Crippen LogP contribution in [0.5, 0.6) is 0 Å². The van der Waals surface area contributed by atoms with Crippen LogP contribution in [0.15, 0.2) is 57.4 Å². The van der Waals surface area contributed by atoms with E-state index in [2.05, 4.69) is 20.3 Å². The molecule has 0 fully saturated rings. The van der Waals surface area contributed by atoms with Crippen molar-refractivity contribution < 1.29 is 9.21 Å². The van der Waals surface area contributed by atoms with Crippen molar-refractivity contribution in [2.45, 2.75) is 13.0 Å². The van der Waals surface area contributed by atoms with Crippen LogP contribution in [0.4, 0.5) is 0 Å². The van der Waals surface area contributed by atoms with Crippen LogP contribution in [0.1, 0.15) is 5.69 Å². The van der Waals surface area contributed by atoms with Gasteiger partial charge in [-0.2, -0.15) is 0 Å². The first-order valence-corrected chi connectivity index (χ1v) is 9.14. The number of benzene rings is 1. The predicted molar refractivity (Wildman–Crippen MR) is 100 cm³/mol. The predicted octanol–water partition coefficient (Wildman–Crippen LogP) is 1.87. The molecule has 0 aliphatic rings. The highest BCUT2D eigenvalue weighted by atomic mass is 32.1. The summed E-state index contributed by atoms with van der Waals surface area (Å²) in [6.07, 6.45) is 5.49. The molecule has 27 heavy (non-hydrogen) atoms. The molecule has 1 amide bonds. The third kappa shape index (κ3) is 3.77. The third-order valence-corrected chi connectivity index (χ3v) is 4.83. The highest BCUT2D eigenvalue weighted by molar-refractivity contribution is 7.13. The standard InChI is InChI=1S/C18H15N5O3S/c24-16(10-23-14-3-1-2-4-15(14)26-18(23)25)21-6-5-12-11-27-17(22-12)13-9-19-7-8-20-13/h1-4,7-9,11H,5-6,10H2,(H,21,24). The van der Waals surface area contributed by atoms with Gasteiger partial charge >= 0.3 is 5.76 Å². The molecule has 0 unspecified atom stereocenters. The number of hydrogen-bond donors (Lipinski definition) is 1. The Morgan fingerprint density at radius 2 is 2.15 bits per heavy atom. The van der Waals surface area contributed by atoms with Crippen molar-refractivity contribution in [3.63, 3.8) is 0 Å². The van der Waals surface area contributed by atoms with Crippen molar-refractivity contribution in [2.24, 2.45) is 0 Å². The number of hydrogen-bond acceptors (Lipinski definition) is 7. The third-order valence-electron chi connectivity index (χ3n) is 3.91. The van der Waals surface area contributed by atoms with Crippen LogP contribution in [-0.2, 0) is 17.8 Å². The van der Waals surface area contributed by atoms with Crippen LogP contribution in [0.25, 0.3) is 21.8 Å². The Balaban J connectivity index is 1.34. The Morgan fingerprint density at radius 1 is 1.26 bits per heavy atom. The molecule has 4 rings (SSSR count). The van der Waals surface area contributed by atoms with Crippen LogP contribution < -0.4 is 11.1 Å². The molecule has 0 radical (unpaired) electrons. The Hall–Kier alpha value is -3.33. The molecule has 0 spiro atoms. The van der Waals surface area contributed by atoms with Gasteiger partial charge in [-0.3, -0.25) is 19.3 Å². The van der Waals surface area contributed by atoms with E-state index in [0.29, 0.717) is 24.1 Å². The average molecular weight is 381 g/mol. The molecule has 0 saturated heterocycles. The fourth-order valence-electron chi connectivity index (χ4n) is 2.64. The molecule has 0 bridgehead atoms. The number of amides is 1. The van der Waals surface area contributed by atoms with E-state index >= 15 is 0 Å². The van der Waals surface area contributed by atoms with Gasteiger partial charge in [-0.1, -0.05) is 12.1 Å². The van der Waals surface area contributed by atoms with E-state index in [1.54, 1.807) is 42.9 Å². The molecule has 3 aromatic heterocycles. The highest BCUT2D eigenvalue weighted by Crippen LogP contribution is 2.20.